The highest BCUT2D eigenvalue weighted by Crippen LogP contribution is 2.23. The lowest BCUT2D eigenvalue weighted by Crippen LogP contribution is -1.98. The van der Waals surface area contributed by atoms with E-state index in [2.05, 4.69) is 0 Å². The average molecular weight is 216 g/mol. The molecule has 16 heavy (non-hydrogen) atoms. The van der Waals surface area contributed by atoms with Crippen molar-refractivity contribution >= 4 is 11.8 Å². The number of hydrogen-bond donors (Lipinski definition) is 1. The molecule has 3 heteroatoms. The van der Waals surface area contributed by atoms with E-state index in [0.717, 1.165) is 31.4 Å². The maximum atomic E-state index is 11.6. The van der Waals surface area contributed by atoms with Crippen molar-refractivity contribution in [2.75, 3.05) is 0 Å². The van der Waals surface area contributed by atoms with Crippen LogP contribution in [-0.2, 0) is 17.6 Å². The molecule has 1 aliphatic rings. The fourth-order valence-electron chi connectivity index (χ4n) is 1.97. The van der Waals surface area contributed by atoms with E-state index in [0.29, 0.717) is 5.56 Å². The second-order valence-electron chi connectivity index (χ2n) is 3.87. The summed E-state index contributed by atoms with van der Waals surface area (Å²) >= 11 is 0. The second-order valence-corrected chi connectivity index (χ2v) is 3.87. The van der Waals surface area contributed by atoms with Crippen molar-refractivity contribution in [1.29, 1.82) is 0 Å². The zero-order valence-electron chi connectivity index (χ0n) is 8.77. The van der Waals surface area contributed by atoms with Crippen LogP contribution in [-0.4, -0.2) is 16.9 Å². The third-order valence-corrected chi connectivity index (χ3v) is 2.76. The first-order valence-corrected chi connectivity index (χ1v) is 5.24. The van der Waals surface area contributed by atoms with E-state index < -0.39 is 5.97 Å². The maximum Gasteiger partial charge on any atom is 0.328 e. The number of fused-ring (bicyclic) bond motifs is 1. The van der Waals surface area contributed by atoms with Crippen LogP contribution >= 0.6 is 0 Å². The van der Waals surface area contributed by atoms with Gasteiger partial charge in [-0.1, -0.05) is 12.1 Å². The Kier molecular flexibility index (Phi) is 2.86. The van der Waals surface area contributed by atoms with E-state index in [-0.39, 0.29) is 5.78 Å². The van der Waals surface area contributed by atoms with Gasteiger partial charge >= 0.3 is 5.97 Å². The Hall–Kier alpha value is -1.90. The third-order valence-electron chi connectivity index (χ3n) is 2.76. The number of aliphatic carboxylic acids is 1. The Balaban J connectivity index is 2.21. The van der Waals surface area contributed by atoms with Crippen LogP contribution in [0.15, 0.2) is 30.4 Å². The number of carbonyl (C=O) groups is 2. The highest BCUT2D eigenvalue weighted by molar-refractivity contribution is 6.06. The summed E-state index contributed by atoms with van der Waals surface area (Å²) in [6.07, 6.45) is 5.19. The summed E-state index contributed by atoms with van der Waals surface area (Å²) in [6, 6.07) is 5.60. The predicted octanol–water partition coefficient (Wildman–Crippen LogP) is 2.00. The quantitative estimate of drug-likeness (QED) is 0.621. The molecular weight excluding hydrogens is 204 g/mol. The number of benzene rings is 1. The van der Waals surface area contributed by atoms with Crippen LogP contribution in [0.3, 0.4) is 0 Å². The van der Waals surface area contributed by atoms with Gasteiger partial charge < -0.3 is 5.11 Å². The first kappa shape index (κ1) is 10.6. The number of hydrogen-bond acceptors (Lipinski definition) is 2. The molecule has 0 saturated heterocycles. The topological polar surface area (TPSA) is 54.4 Å². The van der Waals surface area contributed by atoms with Gasteiger partial charge in [0.25, 0.3) is 0 Å². The summed E-state index contributed by atoms with van der Waals surface area (Å²) < 4.78 is 0. The molecule has 0 fully saturated rings. The summed E-state index contributed by atoms with van der Waals surface area (Å²) in [5, 5.41) is 8.43. The van der Waals surface area contributed by atoms with Gasteiger partial charge in [0.1, 0.15) is 0 Å². The van der Waals surface area contributed by atoms with Gasteiger partial charge in [-0.3, -0.25) is 4.79 Å². The van der Waals surface area contributed by atoms with Gasteiger partial charge in [-0.25, -0.2) is 4.79 Å². The number of rotatable bonds is 3. The van der Waals surface area contributed by atoms with Crippen LogP contribution < -0.4 is 0 Å². The predicted molar refractivity (Wildman–Crippen MR) is 59.6 cm³/mol. The molecule has 0 saturated carbocycles. The lowest BCUT2D eigenvalue weighted by Gasteiger charge is -2.01. The van der Waals surface area contributed by atoms with Gasteiger partial charge in [0.15, 0.2) is 5.78 Å². The molecule has 2 rings (SSSR count). The van der Waals surface area contributed by atoms with E-state index in [4.69, 9.17) is 5.11 Å². The highest BCUT2D eigenvalue weighted by atomic mass is 16.4. The van der Waals surface area contributed by atoms with Crippen molar-refractivity contribution in [2.24, 2.45) is 0 Å². The molecule has 3 nitrogen and oxygen atoms in total. The number of aryl methyl sites for hydroxylation is 2. The molecule has 82 valence electrons. The molecule has 0 aliphatic heterocycles. The molecule has 1 aromatic carbocycles. The average Bonchev–Trinajstić information content (AvgIpc) is 2.72. The largest absolute Gasteiger partial charge is 0.478 e. The van der Waals surface area contributed by atoms with Crippen LogP contribution in [0.25, 0.3) is 0 Å². The molecule has 0 radical (unpaired) electrons. The Morgan fingerprint density at radius 1 is 1.12 bits per heavy atom. The van der Waals surface area contributed by atoms with E-state index in [1.807, 2.05) is 12.1 Å². The normalized spacial score (nSPS) is 14.0. The third kappa shape index (κ3) is 2.19. The number of allylic oxidation sites excluding steroid dienone is 1. The fourth-order valence-corrected chi connectivity index (χ4v) is 1.97. The van der Waals surface area contributed by atoms with Crippen molar-refractivity contribution in [3.63, 3.8) is 0 Å². The molecule has 0 spiro atoms. The highest BCUT2D eigenvalue weighted by Gasteiger charge is 2.12. The van der Waals surface area contributed by atoms with Crippen LogP contribution in [0, 0.1) is 0 Å². The minimum atomic E-state index is -1.10. The first-order chi connectivity index (χ1) is 7.66. The molecule has 0 aromatic heterocycles. The second kappa shape index (κ2) is 4.31. The summed E-state index contributed by atoms with van der Waals surface area (Å²) in [4.78, 5) is 21.9. The zero-order valence-corrected chi connectivity index (χ0v) is 8.77. The van der Waals surface area contributed by atoms with Gasteiger partial charge in [0.05, 0.1) is 0 Å². The van der Waals surface area contributed by atoms with Gasteiger partial charge in [-0.2, -0.15) is 0 Å². The van der Waals surface area contributed by atoms with Crippen LogP contribution in [0.2, 0.25) is 0 Å². The van der Waals surface area contributed by atoms with E-state index in [1.165, 1.54) is 11.1 Å². The monoisotopic (exact) mass is 216 g/mol. The zero-order chi connectivity index (χ0) is 11.5. The molecule has 1 aliphatic carbocycles. The summed E-state index contributed by atoms with van der Waals surface area (Å²) in [5.74, 6) is -1.35. The Morgan fingerprint density at radius 3 is 2.62 bits per heavy atom. The standard InChI is InChI=1S/C13H12O3/c14-12(6-7-13(15)16)11-5-4-9-2-1-3-10(9)8-11/h4-8H,1-3H2,(H,15,16). The molecule has 0 unspecified atom stereocenters. The van der Waals surface area contributed by atoms with E-state index >= 15 is 0 Å². The smallest absolute Gasteiger partial charge is 0.328 e. The van der Waals surface area contributed by atoms with Gasteiger partial charge in [-0.05, 0) is 42.5 Å². The van der Waals surface area contributed by atoms with Gasteiger partial charge in [0, 0.05) is 11.6 Å². The van der Waals surface area contributed by atoms with Crippen LogP contribution in [0.1, 0.15) is 27.9 Å². The Bertz CT molecular complexity index is 472. The van der Waals surface area contributed by atoms with Crippen molar-refractivity contribution in [1.82, 2.24) is 0 Å². The molecule has 0 heterocycles. The van der Waals surface area contributed by atoms with E-state index in [1.54, 1.807) is 6.07 Å². The SMILES string of the molecule is O=C(O)C=CC(=O)c1ccc2c(c1)CCC2. The summed E-state index contributed by atoms with van der Waals surface area (Å²) in [5.41, 5.74) is 3.09. The van der Waals surface area contributed by atoms with Crippen molar-refractivity contribution in [3.8, 4) is 0 Å². The first-order valence-electron chi connectivity index (χ1n) is 5.24. The minimum absolute atomic E-state index is 0.253. The number of ketones is 1. The summed E-state index contributed by atoms with van der Waals surface area (Å²) in [6.45, 7) is 0. The Labute approximate surface area is 93.4 Å². The van der Waals surface area contributed by atoms with Gasteiger partial charge in [0.2, 0.25) is 0 Å². The lowest BCUT2D eigenvalue weighted by molar-refractivity contribution is -0.131. The molecular formula is C13H12O3. The maximum absolute atomic E-state index is 11.6. The fraction of sp³-hybridized carbons (Fsp3) is 0.231. The Morgan fingerprint density at radius 2 is 1.88 bits per heavy atom. The number of carboxylic acid groups (broad SMARTS) is 1. The van der Waals surface area contributed by atoms with Crippen molar-refractivity contribution < 1.29 is 14.7 Å². The lowest BCUT2D eigenvalue weighted by atomic mass is 10.0. The molecule has 0 atom stereocenters. The van der Waals surface area contributed by atoms with Crippen LogP contribution in [0.4, 0.5) is 0 Å². The molecule has 0 bridgehead atoms. The van der Waals surface area contributed by atoms with E-state index in [9.17, 15) is 9.59 Å². The summed E-state index contributed by atoms with van der Waals surface area (Å²) in [7, 11) is 0. The minimum Gasteiger partial charge on any atom is -0.478 e. The molecule has 1 N–H and O–H groups in total. The van der Waals surface area contributed by atoms with Crippen molar-refractivity contribution in [3.05, 3.63) is 47.0 Å². The molecule has 1 aromatic rings. The number of carboxylic acids is 1. The molecule has 0 amide bonds. The van der Waals surface area contributed by atoms with Crippen LogP contribution in [0.5, 0.6) is 0 Å². The van der Waals surface area contributed by atoms with Crippen molar-refractivity contribution in [2.45, 2.75) is 19.3 Å². The van der Waals surface area contributed by atoms with Gasteiger partial charge in [-0.15, -0.1) is 0 Å². The number of carbonyl (C=O) groups excluding carboxylic acids is 1.